The van der Waals surface area contributed by atoms with Gasteiger partial charge in [-0.25, -0.2) is 0 Å². The Morgan fingerprint density at radius 2 is 1.78 bits per heavy atom. The molecule has 0 aromatic heterocycles. The lowest BCUT2D eigenvalue weighted by atomic mass is 9.97. The quantitative estimate of drug-likeness (QED) is 0.618. The highest BCUT2D eigenvalue weighted by atomic mass is 16.2. The molecular weight excluding hydrogens is 292 g/mol. The number of nitrogens with zero attached hydrogens (tertiary/aromatic N) is 1. The summed E-state index contributed by atoms with van der Waals surface area (Å²) in [7, 11) is 0. The Kier molecular flexibility index (Phi) is 6.04. The number of carbonyl (C=O) groups excluding carboxylic acids is 3. The van der Waals surface area contributed by atoms with Crippen LogP contribution in [0.2, 0.25) is 0 Å². The summed E-state index contributed by atoms with van der Waals surface area (Å²) in [6.07, 6.45) is 3.82. The maximum absolute atomic E-state index is 12.1. The highest BCUT2D eigenvalue weighted by molar-refractivity contribution is 6.06. The van der Waals surface area contributed by atoms with Crippen LogP contribution in [0.5, 0.6) is 0 Å². The van der Waals surface area contributed by atoms with E-state index in [2.05, 4.69) is 5.32 Å². The lowest BCUT2D eigenvalue weighted by Crippen LogP contribution is -2.40. The van der Waals surface area contributed by atoms with Crippen molar-refractivity contribution in [1.82, 2.24) is 5.32 Å². The zero-order chi connectivity index (χ0) is 16.7. The lowest BCUT2D eigenvalue weighted by molar-refractivity contribution is -0.132. The maximum atomic E-state index is 12.1. The molecule has 1 saturated carbocycles. The molecule has 0 spiro atoms. The molecule has 0 bridgehead atoms. The summed E-state index contributed by atoms with van der Waals surface area (Å²) >= 11 is 0. The molecule has 1 atom stereocenters. The summed E-state index contributed by atoms with van der Waals surface area (Å²) in [4.78, 5) is 36.1. The van der Waals surface area contributed by atoms with Crippen LogP contribution in [0.15, 0.2) is 30.3 Å². The number of ketones is 2. The molecule has 5 nitrogen and oxygen atoms in total. The second-order valence-corrected chi connectivity index (χ2v) is 5.81. The smallest absolute Gasteiger partial charge is 0.245 e. The van der Waals surface area contributed by atoms with Gasteiger partial charge in [0.2, 0.25) is 5.91 Å². The summed E-state index contributed by atoms with van der Waals surface area (Å²) in [6.45, 7) is 0. The first kappa shape index (κ1) is 16.9. The first-order chi connectivity index (χ1) is 11.1. The molecule has 23 heavy (non-hydrogen) atoms. The average Bonchev–Trinajstić information content (AvgIpc) is 3.07. The van der Waals surface area contributed by atoms with Crippen LogP contribution >= 0.6 is 0 Å². The van der Waals surface area contributed by atoms with E-state index in [1.807, 2.05) is 0 Å². The van der Waals surface area contributed by atoms with Crippen LogP contribution in [0.1, 0.15) is 48.9 Å². The number of hydrogen-bond donors (Lipinski definition) is 1. The van der Waals surface area contributed by atoms with E-state index in [1.54, 1.807) is 36.4 Å². The van der Waals surface area contributed by atoms with Gasteiger partial charge in [-0.2, -0.15) is 5.26 Å². The second kappa shape index (κ2) is 8.23. The van der Waals surface area contributed by atoms with Crippen molar-refractivity contribution in [1.29, 1.82) is 5.26 Å². The van der Waals surface area contributed by atoms with Gasteiger partial charge in [-0.15, -0.1) is 0 Å². The Labute approximate surface area is 135 Å². The first-order valence-electron chi connectivity index (χ1n) is 7.92. The van der Waals surface area contributed by atoms with Crippen LogP contribution in [-0.2, 0) is 9.59 Å². The van der Waals surface area contributed by atoms with Gasteiger partial charge in [-0.3, -0.25) is 14.4 Å². The fraction of sp³-hybridized carbons (Fsp3) is 0.444. The minimum atomic E-state index is -1.32. The fourth-order valence-corrected chi connectivity index (χ4v) is 2.78. The van der Waals surface area contributed by atoms with Crippen molar-refractivity contribution < 1.29 is 14.4 Å². The molecule has 120 valence electrons. The van der Waals surface area contributed by atoms with E-state index in [4.69, 9.17) is 5.26 Å². The van der Waals surface area contributed by atoms with Crippen molar-refractivity contribution in [2.24, 2.45) is 5.92 Å². The van der Waals surface area contributed by atoms with E-state index < -0.39 is 17.6 Å². The molecule has 0 aliphatic heterocycles. The van der Waals surface area contributed by atoms with E-state index in [9.17, 15) is 14.4 Å². The highest BCUT2D eigenvalue weighted by Crippen LogP contribution is 2.18. The fourth-order valence-electron chi connectivity index (χ4n) is 2.78. The predicted octanol–water partition coefficient (Wildman–Crippen LogP) is 2.42. The molecule has 0 radical (unpaired) electrons. The van der Waals surface area contributed by atoms with Gasteiger partial charge in [0, 0.05) is 24.4 Å². The Hall–Kier alpha value is -2.48. The number of carbonyl (C=O) groups is 3. The van der Waals surface area contributed by atoms with Crippen molar-refractivity contribution in [3.63, 3.8) is 0 Å². The summed E-state index contributed by atoms with van der Waals surface area (Å²) in [5.41, 5.74) is 0.532. The maximum Gasteiger partial charge on any atom is 0.245 e. The number of nitriles is 1. The average molecular weight is 312 g/mol. The standard InChI is InChI=1S/C18H20N2O3/c19-12-15(18(23)20-14-8-4-5-9-14)17(22)11-10-16(21)13-6-2-1-3-7-13/h1-3,6-7,14-15H,4-5,8-11H2,(H,20,23)/t15-/m0/s1. The Bertz CT molecular complexity index is 613. The molecule has 1 N–H and O–H groups in total. The predicted molar refractivity (Wildman–Crippen MR) is 84.5 cm³/mol. The van der Waals surface area contributed by atoms with Crippen LogP contribution in [0.25, 0.3) is 0 Å². The summed E-state index contributed by atoms with van der Waals surface area (Å²) < 4.78 is 0. The number of hydrogen-bond acceptors (Lipinski definition) is 4. The molecule has 1 aromatic carbocycles. The third-order valence-corrected chi connectivity index (χ3v) is 4.11. The molecule has 5 heteroatoms. The zero-order valence-electron chi connectivity index (χ0n) is 13.0. The van der Waals surface area contributed by atoms with Crippen molar-refractivity contribution in [3.05, 3.63) is 35.9 Å². The summed E-state index contributed by atoms with van der Waals surface area (Å²) in [6, 6.07) is 10.5. The summed E-state index contributed by atoms with van der Waals surface area (Å²) in [5, 5.41) is 11.9. The second-order valence-electron chi connectivity index (χ2n) is 5.81. The van der Waals surface area contributed by atoms with Crippen LogP contribution in [0.3, 0.4) is 0 Å². The number of amides is 1. The molecule has 0 saturated heterocycles. The molecular formula is C18H20N2O3. The van der Waals surface area contributed by atoms with Crippen LogP contribution in [-0.4, -0.2) is 23.5 Å². The van der Waals surface area contributed by atoms with Gasteiger partial charge in [-0.1, -0.05) is 43.2 Å². The van der Waals surface area contributed by atoms with Crippen LogP contribution in [0.4, 0.5) is 0 Å². The van der Waals surface area contributed by atoms with Crippen molar-refractivity contribution in [2.45, 2.75) is 44.6 Å². The van der Waals surface area contributed by atoms with E-state index >= 15 is 0 Å². The first-order valence-corrected chi connectivity index (χ1v) is 7.92. The number of rotatable bonds is 7. The van der Waals surface area contributed by atoms with Gasteiger partial charge >= 0.3 is 0 Å². The zero-order valence-corrected chi connectivity index (χ0v) is 13.0. The number of Topliss-reactive ketones (excluding diaryl/α,β-unsaturated/α-hetero) is 2. The van der Waals surface area contributed by atoms with Gasteiger partial charge in [0.05, 0.1) is 6.07 Å². The molecule has 0 unspecified atom stereocenters. The topological polar surface area (TPSA) is 87.0 Å². The molecule has 1 aliphatic rings. The minimum Gasteiger partial charge on any atom is -0.352 e. The molecule has 2 rings (SSSR count). The van der Waals surface area contributed by atoms with Crippen molar-refractivity contribution in [2.75, 3.05) is 0 Å². The van der Waals surface area contributed by atoms with E-state index in [1.165, 1.54) is 0 Å². The van der Waals surface area contributed by atoms with Gasteiger partial charge in [-0.05, 0) is 12.8 Å². The Morgan fingerprint density at radius 3 is 2.39 bits per heavy atom. The molecule has 1 aromatic rings. The lowest BCUT2D eigenvalue weighted by Gasteiger charge is -2.14. The third kappa shape index (κ3) is 4.75. The van der Waals surface area contributed by atoms with Crippen molar-refractivity contribution in [3.8, 4) is 6.07 Å². The van der Waals surface area contributed by atoms with Gasteiger partial charge in [0.1, 0.15) is 0 Å². The molecule has 0 heterocycles. The third-order valence-electron chi connectivity index (χ3n) is 4.11. The normalized spacial score (nSPS) is 15.6. The van der Waals surface area contributed by atoms with Crippen molar-refractivity contribution >= 4 is 17.5 Å². The van der Waals surface area contributed by atoms with Crippen LogP contribution in [0, 0.1) is 17.2 Å². The summed E-state index contributed by atoms with van der Waals surface area (Å²) in [5.74, 6) is -2.50. The molecule has 1 aliphatic carbocycles. The SMILES string of the molecule is N#C[C@@H](C(=O)CCC(=O)c1ccccc1)C(=O)NC1CCCC1. The minimum absolute atomic E-state index is 0.0116. The Balaban J connectivity index is 1.86. The van der Waals surface area contributed by atoms with E-state index in [-0.39, 0.29) is 24.7 Å². The van der Waals surface area contributed by atoms with E-state index in [0.717, 1.165) is 25.7 Å². The molecule has 1 amide bonds. The number of nitrogens with one attached hydrogen (secondary N) is 1. The van der Waals surface area contributed by atoms with Crippen LogP contribution < -0.4 is 5.32 Å². The largest absolute Gasteiger partial charge is 0.352 e. The van der Waals surface area contributed by atoms with E-state index in [0.29, 0.717) is 5.56 Å². The van der Waals surface area contributed by atoms with Gasteiger partial charge in [0.15, 0.2) is 17.5 Å². The number of benzene rings is 1. The Morgan fingerprint density at radius 1 is 1.13 bits per heavy atom. The molecule has 1 fully saturated rings. The monoisotopic (exact) mass is 312 g/mol. The van der Waals surface area contributed by atoms with Gasteiger partial charge < -0.3 is 5.32 Å². The van der Waals surface area contributed by atoms with Gasteiger partial charge in [0.25, 0.3) is 0 Å². The highest BCUT2D eigenvalue weighted by Gasteiger charge is 2.29.